The standard InChI is InChI=1S/C17H13BrClN3O3/c1-24-12-6-4-11(5-7-12)10-25-17(23)14-9-15(18)21-22(14)16-13(19)3-2-8-20-16/h2-9H,10H2,1H3. The van der Waals surface area contributed by atoms with Crippen molar-refractivity contribution in [3.63, 3.8) is 0 Å². The molecule has 0 amide bonds. The summed E-state index contributed by atoms with van der Waals surface area (Å²) in [5.74, 6) is 0.559. The molecule has 0 saturated heterocycles. The van der Waals surface area contributed by atoms with Gasteiger partial charge in [0.25, 0.3) is 0 Å². The zero-order valence-electron chi connectivity index (χ0n) is 13.1. The molecule has 2 aromatic heterocycles. The Morgan fingerprint density at radius 1 is 1.28 bits per heavy atom. The molecule has 3 aromatic rings. The van der Waals surface area contributed by atoms with Gasteiger partial charge in [0.1, 0.15) is 17.0 Å². The van der Waals surface area contributed by atoms with Crippen LogP contribution in [0.4, 0.5) is 0 Å². The Morgan fingerprint density at radius 2 is 2.04 bits per heavy atom. The van der Waals surface area contributed by atoms with Crippen molar-refractivity contribution in [2.24, 2.45) is 0 Å². The van der Waals surface area contributed by atoms with Gasteiger partial charge in [-0.05, 0) is 45.8 Å². The van der Waals surface area contributed by atoms with Crippen molar-refractivity contribution in [3.05, 3.63) is 69.5 Å². The van der Waals surface area contributed by atoms with Crippen LogP contribution < -0.4 is 4.74 Å². The average molecular weight is 423 g/mol. The minimum atomic E-state index is -0.532. The molecule has 1 aromatic carbocycles. The number of hydrogen-bond acceptors (Lipinski definition) is 5. The number of carbonyl (C=O) groups is 1. The number of carbonyl (C=O) groups excluding carboxylic acids is 1. The van der Waals surface area contributed by atoms with E-state index in [9.17, 15) is 4.79 Å². The summed E-state index contributed by atoms with van der Waals surface area (Å²) in [5.41, 5.74) is 1.07. The predicted molar refractivity (Wildman–Crippen MR) is 96.2 cm³/mol. The molecule has 0 aliphatic rings. The first-order chi connectivity index (χ1) is 12.1. The van der Waals surface area contributed by atoms with Crippen molar-refractivity contribution in [1.29, 1.82) is 0 Å². The van der Waals surface area contributed by atoms with Crippen LogP contribution in [0.5, 0.6) is 5.75 Å². The lowest BCUT2D eigenvalue weighted by Gasteiger charge is -2.08. The van der Waals surface area contributed by atoms with E-state index in [1.165, 1.54) is 4.68 Å². The highest BCUT2D eigenvalue weighted by molar-refractivity contribution is 9.10. The molecule has 0 radical (unpaired) electrons. The summed E-state index contributed by atoms with van der Waals surface area (Å²) in [4.78, 5) is 16.6. The van der Waals surface area contributed by atoms with Gasteiger partial charge in [0.05, 0.1) is 12.1 Å². The third-order valence-corrected chi connectivity index (χ3v) is 4.04. The fourth-order valence-corrected chi connectivity index (χ4v) is 2.71. The van der Waals surface area contributed by atoms with Crippen molar-refractivity contribution < 1.29 is 14.3 Å². The van der Waals surface area contributed by atoms with Gasteiger partial charge in [0.2, 0.25) is 0 Å². The van der Waals surface area contributed by atoms with E-state index in [-0.39, 0.29) is 12.3 Å². The summed E-state index contributed by atoms with van der Waals surface area (Å²) in [5, 5.41) is 4.59. The highest BCUT2D eigenvalue weighted by Gasteiger charge is 2.19. The number of benzene rings is 1. The van der Waals surface area contributed by atoms with Crippen LogP contribution in [0.15, 0.2) is 53.3 Å². The largest absolute Gasteiger partial charge is 0.497 e. The molecule has 0 spiro atoms. The Bertz CT molecular complexity index is 896. The van der Waals surface area contributed by atoms with Crippen LogP contribution >= 0.6 is 27.5 Å². The van der Waals surface area contributed by atoms with Crippen LogP contribution in [-0.4, -0.2) is 27.8 Å². The maximum Gasteiger partial charge on any atom is 0.357 e. The van der Waals surface area contributed by atoms with E-state index < -0.39 is 5.97 Å². The second kappa shape index (κ2) is 7.67. The Balaban J connectivity index is 1.79. The summed E-state index contributed by atoms with van der Waals surface area (Å²) >= 11 is 9.40. The zero-order chi connectivity index (χ0) is 17.8. The van der Waals surface area contributed by atoms with Gasteiger partial charge in [-0.1, -0.05) is 23.7 Å². The summed E-state index contributed by atoms with van der Waals surface area (Å²) in [6.45, 7) is 0.127. The van der Waals surface area contributed by atoms with Gasteiger partial charge in [0.15, 0.2) is 11.5 Å². The van der Waals surface area contributed by atoms with Gasteiger partial charge in [-0.15, -0.1) is 0 Å². The summed E-state index contributed by atoms with van der Waals surface area (Å²) in [7, 11) is 1.59. The maximum absolute atomic E-state index is 12.5. The molecule has 0 N–H and O–H groups in total. The Morgan fingerprint density at radius 3 is 2.72 bits per heavy atom. The first kappa shape index (κ1) is 17.4. The molecular formula is C17H13BrClN3O3. The van der Waals surface area contributed by atoms with Crippen LogP contribution in [0, 0.1) is 0 Å². The molecule has 3 rings (SSSR count). The number of rotatable bonds is 5. The topological polar surface area (TPSA) is 66.2 Å². The Labute approximate surface area is 157 Å². The monoisotopic (exact) mass is 421 g/mol. The molecule has 0 unspecified atom stereocenters. The fraction of sp³-hybridized carbons (Fsp3) is 0.118. The molecule has 0 aliphatic carbocycles. The number of ether oxygens (including phenoxy) is 2. The molecule has 6 nitrogen and oxygen atoms in total. The minimum Gasteiger partial charge on any atom is -0.497 e. The van der Waals surface area contributed by atoms with Crippen LogP contribution in [0.3, 0.4) is 0 Å². The number of halogens is 2. The number of nitrogens with zero attached hydrogens (tertiary/aromatic N) is 3. The second-order valence-corrected chi connectivity index (χ2v) is 6.22. The molecule has 0 fully saturated rings. The van der Waals surface area contributed by atoms with Crippen LogP contribution in [-0.2, 0) is 11.3 Å². The van der Waals surface area contributed by atoms with E-state index in [0.29, 0.717) is 15.4 Å². The third kappa shape index (κ3) is 4.00. The van der Waals surface area contributed by atoms with Crippen molar-refractivity contribution in [2.75, 3.05) is 7.11 Å². The molecule has 8 heteroatoms. The van der Waals surface area contributed by atoms with Crippen LogP contribution in [0.2, 0.25) is 5.02 Å². The number of esters is 1. The van der Waals surface area contributed by atoms with Crippen LogP contribution in [0.25, 0.3) is 5.82 Å². The van der Waals surface area contributed by atoms with E-state index in [0.717, 1.165) is 11.3 Å². The zero-order valence-corrected chi connectivity index (χ0v) is 15.5. The van der Waals surface area contributed by atoms with Gasteiger partial charge >= 0.3 is 5.97 Å². The molecular weight excluding hydrogens is 410 g/mol. The van der Waals surface area contributed by atoms with E-state index in [1.807, 2.05) is 12.1 Å². The lowest BCUT2D eigenvalue weighted by atomic mass is 10.2. The first-order valence-corrected chi connectivity index (χ1v) is 8.42. The Hall–Kier alpha value is -2.38. The van der Waals surface area contributed by atoms with Crippen molar-refractivity contribution in [1.82, 2.24) is 14.8 Å². The van der Waals surface area contributed by atoms with E-state index in [2.05, 4.69) is 26.0 Å². The van der Waals surface area contributed by atoms with Gasteiger partial charge in [-0.3, -0.25) is 0 Å². The number of pyridine rings is 1. The molecule has 0 aliphatic heterocycles. The van der Waals surface area contributed by atoms with Gasteiger partial charge in [-0.2, -0.15) is 5.10 Å². The molecule has 128 valence electrons. The van der Waals surface area contributed by atoms with E-state index >= 15 is 0 Å². The predicted octanol–water partition coefficient (Wildman–Crippen LogP) is 4.05. The van der Waals surface area contributed by atoms with Crippen LogP contribution in [0.1, 0.15) is 16.1 Å². The number of aromatic nitrogens is 3. The normalized spacial score (nSPS) is 10.5. The molecule has 0 saturated carbocycles. The summed E-state index contributed by atoms with van der Waals surface area (Å²) < 4.78 is 12.3. The lowest BCUT2D eigenvalue weighted by molar-refractivity contribution is 0.0461. The van der Waals surface area contributed by atoms with Crippen molar-refractivity contribution >= 4 is 33.5 Å². The van der Waals surface area contributed by atoms with Gasteiger partial charge in [0, 0.05) is 12.3 Å². The lowest BCUT2D eigenvalue weighted by Crippen LogP contribution is -2.13. The SMILES string of the molecule is COc1ccc(COC(=O)c2cc(Br)nn2-c2ncccc2Cl)cc1. The highest BCUT2D eigenvalue weighted by Crippen LogP contribution is 2.22. The van der Waals surface area contributed by atoms with E-state index in [4.69, 9.17) is 21.1 Å². The molecule has 2 heterocycles. The van der Waals surface area contributed by atoms with Crippen molar-refractivity contribution in [2.45, 2.75) is 6.61 Å². The average Bonchev–Trinajstić information content (AvgIpc) is 3.02. The third-order valence-electron chi connectivity index (χ3n) is 3.36. The highest BCUT2D eigenvalue weighted by atomic mass is 79.9. The van der Waals surface area contributed by atoms with Crippen molar-refractivity contribution in [3.8, 4) is 11.6 Å². The van der Waals surface area contributed by atoms with Gasteiger partial charge in [-0.25, -0.2) is 14.5 Å². The maximum atomic E-state index is 12.5. The van der Waals surface area contributed by atoms with E-state index in [1.54, 1.807) is 43.6 Å². The number of hydrogen-bond donors (Lipinski definition) is 0. The number of methoxy groups -OCH3 is 1. The molecule has 0 bridgehead atoms. The summed E-state index contributed by atoms with van der Waals surface area (Å²) in [6.07, 6.45) is 1.57. The molecule has 0 atom stereocenters. The second-order valence-electron chi connectivity index (χ2n) is 5.00. The summed E-state index contributed by atoms with van der Waals surface area (Å²) in [6, 6.07) is 12.2. The minimum absolute atomic E-state index is 0.127. The Kier molecular flexibility index (Phi) is 5.35. The smallest absolute Gasteiger partial charge is 0.357 e. The van der Waals surface area contributed by atoms with Gasteiger partial charge < -0.3 is 9.47 Å². The molecule has 25 heavy (non-hydrogen) atoms. The first-order valence-electron chi connectivity index (χ1n) is 7.25. The quantitative estimate of drug-likeness (QED) is 0.580. The fourth-order valence-electron chi connectivity index (χ4n) is 2.14.